The van der Waals surface area contributed by atoms with Crippen molar-refractivity contribution in [2.75, 3.05) is 33.2 Å². The minimum absolute atomic E-state index is 0.150. The molecule has 3 rings (SSSR count). The fourth-order valence-electron chi connectivity index (χ4n) is 3.01. The number of benzene rings is 2. The highest BCUT2D eigenvalue weighted by molar-refractivity contribution is 5.79. The Bertz CT molecular complexity index is 759. The van der Waals surface area contributed by atoms with E-state index < -0.39 is 18.2 Å². The van der Waals surface area contributed by atoms with Crippen molar-refractivity contribution < 1.29 is 19.1 Å². The topological polar surface area (TPSA) is 59.1 Å². The maximum absolute atomic E-state index is 12.7. The molecule has 6 heteroatoms. The van der Waals surface area contributed by atoms with Crippen LogP contribution >= 0.6 is 0 Å². The summed E-state index contributed by atoms with van der Waals surface area (Å²) in [5.74, 6) is -0.532. The van der Waals surface area contributed by atoms with Crippen LogP contribution in [-0.2, 0) is 27.3 Å². The molecule has 2 aromatic rings. The SMILES string of the molecule is CN1CCN(C(=O)OC(Cc2ccccc2)C(=O)OCc2ccccc2)CC1. The first-order valence-electron chi connectivity index (χ1n) is 9.50. The maximum Gasteiger partial charge on any atom is 0.410 e. The van der Waals surface area contributed by atoms with Crippen LogP contribution in [0.5, 0.6) is 0 Å². The lowest BCUT2D eigenvalue weighted by Crippen LogP contribution is -2.48. The largest absolute Gasteiger partial charge is 0.458 e. The lowest BCUT2D eigenvalue weighted by atomic mass is 10.1. The summed E-state index contributed by atoms with van der Waals surface area (Å²) < 4.78 is 11.0. The third-order valence-electron chi connectivity index (χ3n) is 4.76. The summed E-state index contributed by atoms with van der Waals surface area (Å²) >= 11 is 0. The highest BCUT2D eigenvalue weighted by Crippen LogP contribution is 2.12. The molecule has 1 saturated heterocycles. The summed E-state index contributed by atoms with van der Waals surface area (Å²) in [6.45, 7) is 2.91. The van der Waals surface area contributed by atoms with Crippen LogP contribution in [0.2, 0.25) is 0 Å². The second-order valence-electron chi connectivity index (χ2n) is 6.95. The van der Waals surface area contributed by atoms with Gasteiger partial charge >= 0.3 is 12.1 Å². The number of likely N-dealkylation sites (N-methyl/N-ethyl adjacent to an activating group) is 1. The first-order valence-corrected chi connectivity index (χ1v) is 9.50. The molecule has 2 aromatic carbocycles. The van der Waals surface area contributed by atoms with E-state index in [1.807, 2.05) is 67.7 Å². The van der Waals surface area contributed by atoms with Gasteiger partial charge in [0.1, 0.15) is 6.61 Å². The van der Waals surface area contributed by atoms with E-state index in [-0.39, 0.29) is 13.0 Å². The molecule has 148 valence electrons. The van der Waals surface area contributed by atoms with Crippen molar-refractivity contribution in [3.8, 4) is 0 Å². The number of hydrogen-bond donors (Lipinski definition) is 0. The van der Waals surface area contributed by atoms with Crippen molar-refractivity contribution in [3.63, 3.8) is 0 Å². The number of esters is 1. The van der Waals surface area contributed by atoms with Crippen LogP contribution in [0.25, 0.3) is 0 Å². The highest BCUT2D eigenvalue weighted by Gasteiger charge is 2.29. The molecule has 0 spiro atoms. The van der Waals surface area contributed by atoms with E-state index in [1.165, 1.54) is 0 Å². The molecule has 0 saturated carbocycles. The minimum Gasteiger partial charge on any atom is -0.458 e. The molecule has 0 aromatic heterocycles. The molecule has 1 fully saturated rings. The van der Waals surface area contributed by atoms with Gasteiger partial charge in [-0.15, -0.1) is 0 Å². The van der Waals surface area contributed by atoms with Crippen LogP contribution in [0.4, 0.5) is 4.79 Å². The van der Waals surface area contributed by atoms with Crippen LogP contribution in [0, 0.1) is 0 Å². The van der Waals surface area contributed by atoms with E-state index in [4.69, 9.17) is 9.47 Å². The summed E-state index contributed by atoms with van der Waals surface area (Å²) in [6.07, 6.45) is -1.16. The van der Waals surface area contributed by atoms with E-state index in [0.717, 1.165) is 24.2 Å². The monoisotopic (exact) mass is 382 g/mol. The molecule has 0 bridgehead atoms. The van der Waals surface area contributed by atoms with Gasteiger partial charge in [-0.3, -0.25) is 0 Å². The van der Waals surface area contributed by atoms with E-state index in [1.54, 1.807) is 4.90 Å². The van der Waals surface area contributed by atoms with Crippen molar-refractivity contribution in [1.82, 2.24) is 9.80 Å². The fourth-order valence-corrected chi connectivity index (χ4v) is 3.01. The lowest BCUT2D eigenvalue weighted by molar-refractivity contribution is -0.155. The number of rotatable bonds is 6. The van der Waals surface area contributed by atoms with Gasteiger partial charge in [0.25, 0.3) is 0 Å². The van der Waals surface area contributed by atoms with Gasteiger partial charge in [0, 0.05) is 32.6 Å². The smallest absolute Gasteiger partial charge is 0.410 e. The lowest BCUT2D eigenvalue weighted by Gasteiger charge is -2.32. The van der Waals surface area contributed by atoms with E-state index >= 15 is 0 Å². The van der Waals surface area contributed by atoms with Crippen LogP contribution < -0.4 is 0 Å². The number of amides is 1. The fraction of sp³-hybridized carbons (Fsp3) is 0.364. The molecule has 0 radical (unpaired) electrons. The van der Waals surface area contributed by atoms with Crippen molar-refractivity contribution in [1.29, 1.82) is 0 Å². The number of piperazine rings is 1. The summed E-state index contributed by atoms with van der Waals surface area (Å²) in [6, 6.07) is 18.9. The second-order valence-corrected chi connectivity index (χ2v) is 6.95. The number of nitrogens with zero attached hydrogens (tertiary/aromatic N) is 2. The van der Waals surface area contributed by atoms with Gasteiger partial charge < -0.3 is 19.3 Å². The molecule has 6 nitrogen and oxygen atoms in total. The molecule has 1 amide bonds. The molecular weight excluding hydrogens is 356 g/mol. The molecule has 28 heavy (non-hydrogen) atoms. The van der Waals surface area contributed by atoms with Gasteiger partial charge in [-0.25, -0.2) is 9.59 Å². The number of carbonyl (C=O) groups is 2. The Morgan fingerprint density at radius 2 is 1.46 bits per heavy atom. The molecule has 1 atom stereocenters. The zero-order valence-corrected chi connectivity index (χ0v) is 16.1. The van der Waals surface area contributed by atoms with Crippen molar-refractivity contribution in [2.24, 2.45) is 0 Å². The summed E-state index contributed by atoms with van der Waals surface area (Å²) in [4.78, 5) is 29.0. The van der Waals surface area contributed by atoms with Crippen LogP contribution in [0.15, 0.2) is 60.7 Å². The molecular formula is C22H26N2O4. The second kappa shape index (κ2) is 9.90. The number of ether oxygens (including phenoxy) is 2. The molecule has 0 aliphatic carbocycles. The quantitative estimate of drug-likeness (QED) is 0.719. The molecule has 1 unspecified atom stereocenters. The highest BCUT2D eigenvalue weighted by atomic mass is 16.6. The third kappa shape index (κ3) is 5.82. The van der Waals surface area contributed by atoms with Gasteiger partial charge in [0.05, 0.1) is 0 Å². The zero-order valence-electron chi connectivity index (χ0n) is 16.1. The summed E-state index contributed by atoms with van der Waals surface area (Å²) in [5.41, 5.74) is 1.80. The van der Waals surface area contributed by atoms with Crippen LogP contribution in [-0.4, -0.2) is 61.2 Å². The number of carbonyl (C=O) groups excluding carboxylic acids is 2. The molecule has 1 aliphatic rings. The van der Waals surface area contributed by atoms with Gasteiger partial charge in [0.2, 0.25) is 6.10 Å². The third-order valence-corrected chi connectivity index (χ3v) is 4.76. The Morgan fingerprint density at radius 3 is 2.07 bits per heavy atom. The van der Waals surface area contributed by atoms with E-state index in [2.05, 4.69) is 4.90 Å². The average molecular weight is 382 g/mol. The average Bonchev–Trinajstić information content (AvgIpc) is 2.73. The van der Waals surface area contributed by atoms with Crippen molar-refractivity contribution in [3.05, 3.63) is 71.8 Å². The van der Waals surface area contributed by atoms with Gasteiger partial charge in [-0.2, -0.15) is 0 Å². The van der Waals surface area contributed by atoms with Gasteiger partial charge in [0.15, 0.2) is 0 Å². The Hall–Kier alpha value is -2.86. The normalized spacial score (nSPS) is 15.7. The standard InChI is InChI=1S/C22H26N2O4/c1-23-12-14-24(15-13-23)22(26)28-20(16-18-8-4-2-5-9-18)21(25)27-17-19-10-6-3-7-11-19/h2-11,20H,12-17H2,1H3. The molecule has 1 heterocycles. The number of hydrogen-bond acceptors (Lipinski definition) is 5. The van der Waals surface area contributed by atoms with Crippen molar-refractivity contribution >= 4 is 12.1 Å². The Kier molecular flexibility index (Phi) is 7.03. The van der Waals surface area contributed by atoms with E-state index in [9.17, 15) is 9.59 Å². The zero-order chi connectivity index (χ0) is 19.8. The first kappa shape index (κ1) is 19.9. The van der Waals surface area contributed by atoms with Crippen LogP contribution in [0.1, 0.15) is 11.1 Å². The first-order chi connectivity index (χ1) is 13.6. The summed E-state index contributed by atoms with van der Waals surface area (Å²) in [5, 5.41) is 0. The van der Waals surface area contributed by atoms with Gasteiger partial charge in [-0.05, 0) is 18.2 Å². The van der Waals surface area contributed by atoms with Crippen molar-refractivity contribution in [2.45, 2.75) is 19.1 Å². The molecule has 0 N–H and O–H groups in total. The summed E-state index contributed by atoms with van der Waals surface area (Å²) in [7, 11) is 2.02. The predicted octanol–water partition coefficient (Wildman–Crippen LogP) is 2.73. The maximum atomic E-state index is 12.7. The predicted molar refractivity (Wildman–Crippen MR) is 106 cm³/mol. The van der Waals surface area contributed by atoms with E-state index in [0.29, 0.717) is 13.1 Å². The minimum atomic E-state index is -0.974. The van der Waals surface area contributed by atoms with Crippen LogP contribution in [0.3, 0.4) is 0 Å². The van der Waals surface area contributed by atoms with Gasteiger partial charge in [-0.1, -0.05) is 60.7 Å². The Labute approximate surface area is 165 Å². The Balaban J connectivity index is 1.63. The molecule has 1 aliphatic heterocycles. The Morgan fingerprint density at radius 1 is 0.893 bits per heavy atom.